The van der Waals surface area contributed by atoms with E-state index in [1.165, 1.54) is 6.08 Å². The smallest absolute Gasteiger partial charge is 0.248 e. The van der Waals surface area contributed by atoms with Crippen molar-refractivity contribution in [3.05, 3.63) is 30.7 Å². The molecule has 1 aromatic heterocycles. The van der Waals surface area contributed by atoms with Crippen LogP contribution in [0, 0.1) is 6.92 Å². The highest BCUT2D eigenvalue weighted by molar-refractivity contribution is 5.98. The average Bonchev–Trinajstić information content (AvgIpc) is 2.04. The molecule has 1 N–H and O–H groups in total. The van der Waals surface area contributed by atoms with Crippen molar-refractivity contribution < 1.29 is 4.79 Å². The molecule has 1 rings (SSSR count). The maximum atomic E-state index is 10.8. The molecule has 0 aromatic carbocycles. The number of nitrogens with zero attached hydrogens (tertiary/aromatic N) is 2. The molecule has 1 aromatic rings. The Morgan fingerprint density at radius 3 is 3.08 bits per heavy atom. The predicted octanol–water partition coefficient (Wildman–Crippen LogP) is 0.910. The largest absolute Gasteiger partial charge is 0.307 e. The van der Waals surface area contributed by atoms with Gasteiger partial charge < -0.3 is 5.32 Å². The van der Waals surface area contributed by atoms with Gasteiger partial charge in [-0.1, -0.05) is 6.58 Å². The molecule has 4 heteroatoms. The summed E-state index contributed by atoms with van der Waals surface area (Å²) in [5, 5.41) is 2.52. The quantitative estimate of drug-likeness (QED) is 0.659. The Bertz CT molecular complexity index is 309. The number of amides is 1. The van der Waals surface area contributed by atoms with Crippen molar-refractivity contribution in [2.24, 2.45) is 0 Å². The van der Waals surface area contributed by atoms with Crippen LogP contribution in [0.1, 0.15) is 5.82 Å². The molecule has 0 fully saturated rings. The van der Waals surface area contributed by atoms with Gasteiger partial charge in [0.2, 0.25) is 5.91 Å². The lowest BCUT2D eigenvalue weighted by atomic mass is 10.5. The lowest BCUT2D eigenvalue weighted by Crippen LogP contribution is -2.09. The number of hydrogen-bond acceptors (Lipinski definition) is 3. The van der Waals surface area contributed by atoms with Gasteiger partial charge in [-0.15, -0.1) is 0 Å². The van der Waals surface area contributed by atoms with Crippen LogP contribution < -0.4 is 5.32 Å². The minimum Gasteiger partial charge on any atom is -0.307 e. The van der Waals surface area contributed by atoms with E-state index in [9.17, 15) is 4.79 Å². The molecular formula is C8H9N3O. The van der Waals surface area contributed by atoms with E-state index in [4.69, 9.17) is 0 Å². The highest BCUT2D eigenvalue weighted by Gasteiger charge is 1.97. The molecule has 0 aliphatic heterocycles. The number of rotatable bonds is 2. The lowest BCUT2D eigenvalue weighted by molar-refractivity contribution is -0.111. The first-order valence-corrected chi connectivity index (χ1v) is 3.45. The standard InChI is InChI=1S/C8H9N3O/c1-3-8(12)11-7-4-5-9-6(2)10-7/h3-5H,1H2,2H3,(H,9,10,11,12). The molecule has 0 aliphatic rings. The number of aromatic nitrogens is 2. The maximum absolute atomic E-state index is 10.8. The first-order valence-electron chi connectivity index (χ1n) is 3.45. The van der Waals surface area contributed by atoms with Crippen molar-refractivity contribution >= 4 is 11.7 Å². The van der Waals surface area contributed by atoms with E-state index in [0.29, 0.717) is 11.6 Å². The lowest BCUT2D eigenvalue weighted by Gasteiger charge is -1.99. The van der Waals surface area contributed by atoms with E-state index in [0.717, 1.165) is 0 Å². The molecule has 4 nitrogen and oxygen atoms in total. The van der Waals surface area contributed by atoms with Crippen molar-refractivity contribution in [3.8, 4) is 0 Å². The van der Waals surface area contributed by atoms with Crippen LogP contribution in [0.5, 0.6) is 0 Å². The number of carbonyl (C=O) groups is 1. The SMILES string of the molecule is C=CC(=O)Nc1ccnc(C)n1. The van der Waals surface area contributed by atoms with Crippen molar-refractivity contribution in [1.82, 2.24) is 9.97 Å². The minimum atomic E-state index is -0.270. The van der Waals surface area contributed by atoms with Crippen molar-refractivity contribution in [2.45, 2.75) is 6.92 Å². The molecule has 0 unspecified atom stereocenters. The van der Waals surface area contributed by atoms with Gasteiger partial charge in [0.25, 0.3) is 0 Å². The highest BCUT2D eigenvalue weighted by Crippen LogP contribution is 2.00. The van der Waals surface area contributed by atoms with Crippen LogP contribution in [0.25, 0.3) is 0 Å². The van der Waals surface area contributed by atoms with E-state index in [1.54, 1.807) is 19.2 Å². The Morgan fingerprint density at radius 1 is 1.75 bits per heavy atom. The third-order valence-electron chi connectivity index (χ3n) is 1.21. The molecule has 1 heterocycles. The van der Waals surface area contributed by atoms with E-state index < -0.39 is 0 Å². The summed E-state index contributed by atoms with van der Waals surface area (Å²) in [6.45, 7) is 5.08. The third kappa shape index (κ3) is 2.16. The molecule has 0 radical (unpaired) electrons. The molecule has 0 atom stereocenters. The van der Waals surface area contributed by atoms with Gasteiger partial charge in [-0.3, -0.25) is 4.79 Å². The summed E-state index contributed by atoms with van der Waals surface area (Å²) in [6.07, 6.45) is 2.78. The van der Waals surface area contributed by atoms with Crippen molar-refractivity contribution in [2.75, 3.05) is 5.32 Å². The molecule has 0 saturated heterocycles. The number of aryl methyl sites for hydroxylation is 1. The van der Waals surface area contributed by atoms with Gasteiger partial charge in [-0.25, -0.2) is 9.97 Å². The van der Waals surface area contributed by atoms with Crippen LogP contribution in [0.2, 0.25) is 0 Å². The molecule has 1 amide bonds. The van der Waals surface area contributed by atoms with E-state index >= 15 is 0 Å². The summed E-state index contributed by atoms with van der Waals surface area (Å²) in [5.74, 6) is 0.845. The fourth-order valence-corrected chi connectivity index (χ4v) is 0.703. The number of anilines is 1. The summed E-state index contributed by atoms with van der Waals surface area (Å²) in [5.41, 5.74) is 0. The predicted molar refractivity (Wildman–Crippen MR) is 45.6 cm³/mol. The third-order valence-corrected chi connectivity index (χ3v) is 1.21. The molecule has 0 aliphatic carbocycles. The molecule has 0 saturated carbocycles. The van der Waals surface area contributed by atoms with E-state index in [-0.39, 0.29) is 5.91 Å². The summed E-state index contributed by atoms with van der Waals surface area (Å²) < 4.78 is 0. The van der Waals surface area contributed by atoms with Crippen LogP contribution in [-0.2, 0) is 4.79 Å². The second-order valence-electron chi connectivity index (χ2n) is 2.18. The van der Waals surface area contributed by atoms with E-state index in [2.05, 4.69) is 21.9 Å². The Morgan fingerprint density at radius 2 is 2.50 bits per heavy atom. The normalized spacial score (nSPS) is 9.08. The molecule has 0 spiro atoms. The second kappa shape index (κ2) is 3.61. The van der Waals surface area contributed by atoms with Gasteiger partial charge in [0.15, 0.2) is 0 Å². The Balaban J connectivity index is 2.76. The fourth-order valence-electron chi connectivity index (χ4n) is 0.703. The summed E-state index contributed by atoms with van der Waals surface area (Å²) in [6, 6.07) is 1.62. The zero-order valence-electron chi connectivity index (χ0n) is 6.74. The molecule has 0 bridgehead atoms. The topological polar surface area (TPSA) is 54.9 Å². The number of hydrogen-bond donors (Lipinski definition) is 1. The van der Waals surface area contributed by atoms with Gasteiger partial charge in [-0.05, 0) is 19.1 Å². The Kier molecular flexibility index (Phi) is 2.53. The van der Waals surface area contributed by atoms with Crippen molar-refractivity contribution in [1.29, 1.82) is 0 Å². The second-order valence-corrected chi connectivity index (χ2v) is 2.18. The molecule has 62 valence electrons. The number of nitrogens with one attached hydrogen (secondary N) is 1. The summed E-state index contributed by atoms with van der Waals surface area (Å²) in [7, 11) is 0. The first-order chi connectivity index (χ1) is 5.72. The summed E-state index contributed by atoms with van der Waals surface area (Å²) in [4.78, 5) is 18.7. The molecule has 12 heavy (non-hydrogen) atoms. The first kappa shape index (κ1) is 8.39. The van der Waals surface area contributed by atoms with Crippen LogP contribution in [0.4, 0.5) is 5.82 Å². The van der Waals surface area contributed by atoms with Crippen LogP contribution in [-0.4, -0.2) is 15.9 Å². The zero-order valence-corrected chi connectivity index (χ0v) is 6.74. The van der Waals surface area contributed by atoms with Crippen LogP contribution >= 0.6 is 0 Å². The van der Waals surface area contributed by atoms with Gasteiger partial charge in [0.05, 0.1) is 0 Å². The highest BCUT2D eigenvalue weighted by atomic mass is 16.1. The van der Waals surface area contributed by atoms with Gasteiger partial charge in [0.1, 0.15) is 11.6 Å². The maximum Gasteiger partial charge on any atom is 0.248 e. The average molecular weight is 163 g/mol. The van der Waals surface area contributed by atoms with Gasteiger partial charge >= 0.3 is 0 Å². The fraction of sp³-hybridized carbons (Fsp3) is 0.125. The monoisotopic (exact) mass is 163 g/mol. The molecular weight excluding hydrogens is 154 g/mol. The summed E-state index contributed by atoms with van der Waals surface area (Å²) >= 11 is 0. The van der Waals surface area contributed by atoms with Crippen LogP contribution in [0.3, 0.4) is 0 Å². The van der Waals surface area contributed by atoms with Crippen molar-refractivity contribution in [3.63, 3.8) is 0 Å². The zero-order chi connectivity index (χ0) is 8.97. The Labute approximate surface area is 70.4 Å². The Hall–Kier alpha value is -1.71. The van der Waals surface area contributed by atoms with E-state index in [1.807, 2.05) is 0 Å². The van der Waals surface area contributed by atoms with Gasteiger partial charge in [0, 0.05) is 6.20 Å². The number of carbonyl (C=O) groups excluding carboxylic acids is 1. The van der Waals surface area contributed by atoms with Crippen LogP contribution in [0.15, 0.2) is 24.9 Å². The van der Waals surface area contributed by atoms with Gasteiger partial charge in [-0.2, -0.15) is 0 Å². The minimum absolute atomic E-state index is 0.270.